The molecule has 0 fully saturated rings. The molecule has 3 aromatic rings. The minimum absolute atomic E-state index is 0.0291. The lowest BCUT2D eigenvalue weighted by Crippen LogP contribution is -2.26. The number of benzene rings is 3. The molecule has 0 N–H and O–H groups in total. The zero-order valence-corrected chi connectivity index (χ0v) is 19.0. The average molecular weight is 418 g/mol. The van der Waals surface area contributed by atoms with E-state index >= 15 is 0 Å². The Morgan fingerprint density at radius 1 is 0.903 bits per heavy atom. The zero-order valence-electron chi connectivity index (χ0n) is 19.0. The van der Waals surface area contributed by atoms with Crippen LogP contribution in [0.4, 0.5) is 0 Å². The van der Waals surface area contributed by atoms with Crippen molar-refractivity contribution in [2.75, 3.05) is 14.2 Å². The minimum Gasteiger partial charge on any atom is -0.496 e. The third kappa shape index (κ3) is 5.66. The summed E-state index contributed by atoms with van der Waals surface area (Å²) in [6, 6.07) is 23.5. The zero-order chi connectivity index (χ0) is 22.4. The van der Waals surface area contributed by atoms with E-state index in [1.807, 2.05) is 67.7 Å². The van der Waals surface area contributed by atoms with Gasteiger partial charge in [-0.25, -0.2) is 0 Å². The van der Waals surface area contributed by atoms with Crippen molar-refractivity contribution in [1.29, 1.82) is 0 Å². The SMILES string of the molecule is COc1ccc(C(=O)N(C)Cc2ccccc2)cc1COc1ccccc1C(C)(C)C. The Labute approximate surface area is 185 Å². The van der Waals surface area contributed by atoms with E-state index in [9.17, 15) is 4.79 Å². The molecular formula is C27H31NO3. The summed E-state index contributed by atoms with van der Waals surface area (Å²) >= 11 is 0. The summed E-state index contributed by atoms with van der Waals surface area (Å²) in [7, 11) is 3.44. The summed E-state index contributed by atoms with van der Waals surface area (Å²) < 4.78 is 11.7. The number of amides is 1. The molecular weight excluding hydrogens is 386 g/mol. The second-order valence-electron chi connectivity index (χ2n) is 8.71. The van der Waals surface area contributed by atoms with Gasteiger partial charge in [0.15, 0.2) is 0 Å². The summed E-state index contributed by atoms with van der Waals surface area (Å²) in [5.74, 6) is 1.51. The summed E-state index contributed by atoms with van der Waals surface area (Å²) in [4.78, 5) is 14.7. The Morgan fingerprint density at radius 2 is 1.58 bits per heavy atom. The Morgan fingerprint density at radius 3 is 2.26 bits per heavy atom. The maximum absolute atomic E-state index is 13.0. The number of nitrogens with zero attached hydrogens (tertiary/aromatic N) is 1. The molecule has 0 atom stereocenters. The number of carbonyl (C=O) groups is 1. The molecule has 31 heavy (non-hydrogen) atoms. The maximum atomic E-state index is 13.0. The van der Waals surface area contributed by atoms with Crippen LogP contribution in [0.15, 0.2) is 72.8 Å². The predicted octanol–water partition coefficient (Wildman–Crippen LogP) is 5.84. The maximum Gasteiger partial charge on any atom is 0.253 e. The van der Waals surface area contributed by atoms with E-state index in [1.165, 1.54) is 0 Å². The number of hydrogen-bond donors (Lipinski definition) is 0. The Kier molecular flexibility index (Phi) is 7.01. The highest BCUT2D eigenvalue weighted by atomic mass is 16.5. The average Bonchev–Trinajstić information content (AvgIpc) is 2.77. The summed E-state index contributed by atoms with van der Waals surface area (Å²) in [5.41, 5.74) is 3.66. The van der Waals surface area contributed by atoms with Gasteiger partial charge in [-0.15, -0.1) is 0 Å². The first-order chi connectivity index (χ1) is 14.8. The molecule has 4 heteroatoms. The molecule has 0 aliphatic rings. The Balaban J connectivity index is 1.79. The van der Waals surface area contributed by atoms with Gasteiger partial charge in [-0.2, -0.15) is 0 Å². The second-order valence-corrected chi connectivity index (χ2v) is 8.71. The lowest BCUT2D eigenvalue weighted by molar-refractivity contribution is 0.0785. The molecule has 0 bridgehead atoms. The van der Waals surface area contributed by atoms with Gasteiger partial charge in [-0.05, 0) is 40.8 Å². The quantitative estimate of drug-likeness (QED) is 0.484. The molecule has 162 valence electrons. The first-order valence-electron chi connectivity index (χ1n) is 10.5. The van der Waals surface area contributed by atoms with Gasteiger partial charge in [-0.1, -0.05) is 69.3 Å². The van der Waals surface area contributed by atoms with Crippen molar-refractivity contribution < 1.29 is 14.3 Å². The molecule has 0 aromatic heterocycles. The highest BCUT2D eigenvalue weighted by Crippen LogP contribution is 2.32. The molecule has 4 nitrogen and oxygen atoms in total. The van der Waals surface area contributed by atoms with Crippen LogP contribution < -0.4 is 9.47 Å². The number of rotatable bonds is 7. The van der Waals surface area contributed by atoms with Gasteiger partial charge in [-0.3, -0.25) is 4.79 Å². The van der Waals surface area contributed by atoms with Crippen LogP contribution in [0, 0.1) is 0 Å². The van der Waals surface area contributed by atoms with Crippen LogP contribution in [0.2, 0.25) is 0 Å². The van der Waals surface area contributed by atoms with Gasteiger partial charge in [0.05, 0.1) is 7.11 Å². The van der Waals surface area contributed by atoms with Crippen molar-refractivity contribution in [1.82, 2.24) is 4.90 Å². The summed E-state index contributed by atoms with van der Waals surface area (Å²) in [6.45, 7) is 7.36. The van der Waals surface area contributed by atoms with Gasteiger partial charge >= 0.3 is 0 Å². The van der Waals surface area contributed by atoms with Crippen LogP contribution in [0.5, 0.6) is 11.5 Å². The minimum atomic E-state index is -0.0390. The van der Waals surface area contributed by atoms with Crippen molar-refractivity contribution in [2.24, 2.45) is 0 Å². The third-order valence-corrected chi connectivity index (χ3v) is 5.21. The number of ether oxygens (including phenoxy) is 2. The monoisotopic (exact) mass is 417 g/mol. The van der Waals surface area contributed by atoms with Crippen molar-refractivity contribution in [3.8, 4) is 11.5 Å². The van der Waals surface area contributed by atoms with Crippen LogP contribution in [0.25, 0.3) is 0 Å². The highest BCUT2D eigenvalue weighted by Gasteiger charge is 2.19. The number of methoxy groups -OCH3 is 1. The molecule has 0 radical (unpaired) electrons. The van der Waals surface area contributed by atoms with Crippen LogP contribution >= 0.6 is 0 Å². The second kappa shape index (κ2) is 9.69. The van der Waals surface area contributed by atoms with Crippen LogP contribution in [0.1, 0.15) is 47.8 Å². The lowest BCUT2D eigenvalue weighted by atomic mass is 9.86. The molecule has 0 saturated carbocycles. The van der Waals surface area contributed by atoms with E-state index in [0.29, 0.717) is 24.5 Å². The van der Waals surface area contributed by atoms with Crippen molar-refractivity contribution in [3.63, 3.8) is 0 Å². The van der Waals surface area contributed by atoms with Crippen molar-refractivity contribution >= 4 is 5.91 Å². The molecule has 1 amide bonds. The van der Waals surface area contributed by atoms with E-state index in [2.05, 4.69) is 26.8 Å². The number of para-hydroxylation sites is 1. The number of carbonyl (C=O) groups excluding carboxylic acids is 1. The van der Waals surface area contributed by atoms with Crippen LogP contribution in [-0.4, -0.2) is 25.0 Å². The van der Waals surface area contributed by atoms with E-state index in [-0.39, 0.29) is 11.3 Å². The van der Waals surface area contributed by atoms with E-state index in [0.717, 1.165) is 22.4 Å². The van der Waals surface area contributed by atoms with Crippen molar-refractivity contribution in [3.05, 3.63) is 95.1 Å². The molecule has 3 aromatic carbocycles. The molecule has 0 saturated heterocycles. The number of hydrogen-bond acceptors (Lipinski definition) is 3. The smallest absolute Gasteiger partial charge is 0.253 e. The van der Waals surface area contributed by atoms with E-state index < -0.39 is 0 Å². The largest absolute Gasteiger partial charge is 0.496 e. The fourth-order valence-electron chi connectivity index (χ4n) is 3.54. The van der Waals surface area contributed by atoms with Gasteiger partial charge in [0.1, 0.15) is 18.1 Å². The Bertz CT molecular complexity index is 1020. The molecule has 0 unspecified atom stereocenters. The molecule has 0 spiro atoms. The van der Waals surface area contributed by atoms with Gasteiger partial charge in [0, 0.05) is 24.7 Å². The van der Waals surface area contributed by atoms with Crippen LogP contribution in [0.3, 0.4) is 0 Å². The standard InChI is InChI=1S/C27H31NO3/c1-27(2,3)23-13-9-10-14-25(23)31-19-22-17-21(15-16-24(22)30-5)26(29)28(4)18-20-11-7-6-8-12-20/h6-17H,18-19H2,1-5H3. The van der Waals surface area contributed by atoms with Crippen molar-refractivity contribution in [2.45, 2.75) is 39.3 Å². The topological polar surface area (TPSA) is 38.8 Å². The molecule has 0 aliphatic carbocycles. The first-order valence-corrected chi connectivity index (χ1v) is 10.5. The van der Waals surface area contributed by atoms with E-state index in [1.54, 1.807) is 18.1 Å². The molecule has 0 aliphatic heterocycles. The fourth-order valence-corrected chi connectivity index (χ4v) is 3.54. The Hall–Kier alpha value is -3.27. The van der Waals surface area contributed by atoms with Gasteiger partial charge < -0.3 is 14.4 Å². The highest BCUT2D eigenvalue weighted by molar-refractivity contribution is 5.94. The summed E-state index contributed by atoms with van der Waals surface area (Å²) in [5, 5.41) is 0. The summed E-state index contributed by atoms with van der Waals surface area (Å²) in [6.07, 6.45) is 0. The lowest BCUT2D eigenvalue weighted by Gasteiger charge is -2.23. The first kappa shape index (κ1) is 22.4. The third-order valence-electron chi connectivity index (χ3n) is 5.21. The van der Waals surface area contributed by atoms with E-state index in [4.69, 9.17) is 9.47 Å². The normalized spacial score (nSPS) is 11.1. The van der Waals surface area contributed by atoms with Gasteiger partial charge in [0.2, 0.25) is 0 Å². The molecule has 3 rings (SSSR count). The predicted molar refractivity (Wildman–Crippen MR) is 125 cm³/mol. The van der Waals surface area contributed by atoms with Crippen LogP contribution in [-0.2, 0) is 18.6 Å². The van der Waals surface area contributed by atoms with Gasteiger partial charge in [0.25, 0.3) is 5.91 Å². The molecule has 0 heterocycles. The fraction of sp³-hybridized carbons (Fsp3) is 0.296.